The first-order valence-corrected chi connectivity index (χ1v) is 12.7. The Kier molecular flexibility index (Phi) is 8.27. The summed E-state index contributed by atoms with van der Waals surface area (Å²) in [5, 5.41) is 6.08. The fourth-order valence-corrected chi connectivity index (χ4v) is 5.40. The summed E-state index contributed by atoms with van der Waals surface area (Å²) in [6, 6.07) is 18.9. The van der Waals surface area contributed by atoms with Gasteiger partial charge in [0.15, 0.2) is 0 Å². The highest BCUT2D eigenvalue weighted by Gasteiger charge is 2.23. The van der Waals surface area contributed by atoms with Gasteiger partial charge in [-0.25, -0.2) is 4.79 Å². The lowest BCUT2D eigenvalue weighted by Crippen LogP contribution is -2.38. The van der Waals surface area contributed by atoms with Crippen molar-refractivity contribution in [2.75, 3.05) is 56.1 Å². The number of hydrogen-bond acceptors (Lipinski definition) is 4. The van der Waals surface area contributed by atoms with E-state index in [1.54, 1.807) is 0 Å². The van der Waals surface area contributed by atoms with Crippen LogP contribution in [0.2, 0.25) is 0 Å². The van der Waals surface area contributed by atoms with Crippen molar-refractivity contribution in [3.8, 4) is 0 Å². The first-order chi connectivity index (χ1) is 15.3. The first kappa shape index (κ1) is 22.2. The van der Waals surface area contributed by atoms with Crippen molar-refractivity contribution in [1.29, 1.82) is 0 Å². The average Bonchev–Trinajstić information content (AvgIpc) is 3.35. The SMILES string of the molecule is O=C(NCC(c1ccccc1)N1CCCC1)Nc1ccc(CCN2CCSCC2)cc1. The Hall–Kier alpha value is -2.02. The third-order valence-corrected chi connectivity index (χ3v) is 7.20. The molecule has 2 N–H and O–H groups in total. The van der Waals surface area contributed by atoms with E-state index >= 15 is 0 Å². The molecule has 4 rings (SSSR count). The van der Waals surface area contributed by atoms with Crippen molar-refractivity contribution >= 4 is 23.5 Å². The standard InChI is InChI=1S/C25H34N4OS/c30-25(26-20-24(29-13-4-5-14-29)22-6-2-1-3-7-22)27-23-10-8-21(9-11-23)12-15-28-16-18-31-19-17-28/h1-3,6-11,24H,4-5,12-20H2,(H2,26,27,30). The summed E-state index contributed by atoms with van der Waals surface area (Å²) in [7, 11) is 0. The van der Waals surface area contributed by atoms with E-state index in [0.29, 0.717) is 6.54 Å². The van der Waals surface area contributed by atoms with Crippen molar-refractivity contribution in [3.05, 3.63) is 65.7 Å². The zero-order chi connectivity index (χ0) is 21.3. The fraction of sp³-hybridized carbons (Fsp3) is 0.480. The molecule has 0 radical (unpaired) electrons. The van der Waals surface area contributed by atoms with Crippen LogP contribution in [0.5, 0.6) is 0 Å². The number of anilines is 1. The van der Waals surface area contributed by atoms with Gasteiger partial charge in [-0.3, -0.25) is 4.90 Å². The number of thioether (sulfide) groups is 1. The van der Waals surface area contributed by atoms with E-state index in [-0.39, 0.29) is 12.1 Å². The Morgan fingerprint density at radius 3 is 2.35 bits per heavy atom. The third-order valence-electron chi connectivity index (χ3n) is 6.25. The molecular formula is C25H34N4OS. The molecule has 0 aliphatic carbocycles. The van der Waals surface area contributed by atoms with Gasteiger partial charge in [0.05, 0.1) is 6.04 Å². The summed E-state index contributed by atoms with van der Waals surface area (Å²) >= 11 is 2.05. The van der Waals surface area contributed by atoms with Crippen molar-refractivity contribution in [3.63, 3.8) is 0 Å². The minimum atomic E-state index is -0.140. The number of nitrogens with one attached hydrogen (secondary N) is 2. The molecular weight excluding hydrogens is 404 g/mol. The number of amides is 2. The van der Waals surface area contributed by atoms with Gasteiger partial charge in [-0.05, 0) is 55.6 Å². The van der Waals surface area contributed by atoms with Crippen LogP contribution in [0.25, 0.3) is 0 Å². The van der Waals surface area contributed by atoms with E-state index in [0.717, 1.165) is 31.7 Å². The van der Waals surface area contributed by atoms with Gasteiger partial charge in [0.1, 0.15) is 0 Å². The number of rotatable bonds is 8. The van der Waals surface area contributed by atoms with Gasteiger partial charge in [-0.15, -0.1) is 0 Å². The second-order valence-corrected chi connectivity index (χ2v) is 9.63. The number of urea groups is 1. The number of carbonyl (C=O) groups is 1. The maximum absolute atomic E-state index is 12.5. The van der Waals surface area contributed by atoms with Gasteiger partial charge in [0, 0.05) is 43.4 Å². The van der Waals surface area contributed by atoms with E-state index in [4.69, 9.17) is 0 Å². The van der Waals surface area contributed by atoms with Crippen molar-refractivity contribution in [2.45, 2.75) is 25.3 Å². The quantitative estimate of drug-likeness (QED) is 0.647. The fourth-order valence-electron chi connectivity index (χ4n) is 4.42. The molecule has 2 amide bonds. The molecule has 0 saturated carbocycles. The number of carbonyl (C=O) groups excluding carboxylic acids is 1. The molecule has 2 saturated heterocycles. The first-order valence-electron chi connectivity index (χ1n) is 11.5. The predicted octanol–water partition coefficient (Wildman–Crippen LogP) is 4.24. The number of likely N-dealkylation sites (tertiary alicyclic amines) is 1. The molecule has 166 valence electrons. The number of hydrogen-bond donors (Lipinski definition) is 2. The molecule has 2 fully saturated rings. The van der Waals surface area contributed by atoms with Crippen LogP contribution in [0, 0.1) is 0 Å². The molecule has 2 aromatic rings. The lowest BCUT2D eigenvalue weighted by atomic mass is 10.1. The Morgan fingerprint density at radius 2 is 1.65 bits per heavy atom. The van der Waals surface area contributed by atoms with Crippen LogP contribution in [0.15, 0.2) is 54.6 Å². The topological polar surface area (TPSA) is 47.6 Å². The Morgan fingerprint density at radius 1 is 0.935 bits per heavy atom. The van der Waals surface area contributed by atoms with Crippen molar-refractivity contribution in [1.82, 2.24) is 15.1 Å². The molecule has 0 bridgehead atoms. The second kappa shape index (κ2) is 11.6. The van der Waals surface area contributed by atoms with E-state index in [9.17, 15) is 4.79 Å². The van der Waals surface area contributed by atoms with Gasteiger partial charge in [-0.1, -0.05) is 42.5 Å². The minimum absolute atomic E-state index is 0.140. The summed E-state index contributed by atoms with van der Waals surface area (Å²) in [4.78, 5) is 17.5. The van der Waals surface area contributed by atoms with Crippen molar-refractivity contribution in [2.24, 2.45) is 0 Å². The van der Waals surface area contributed by atoms with Gasteiger partial charge in [-0.2, -0.15) is 11.8 Å². The Bertz CT molecular complexity index is 802. The van der Waals surface area contributed by atoms with Gasteiger partial charge < -0.3 is 15.5 Å². The largest absolute Gasteiger partial charge is 0.336 e. The molecule has 31 heavy (non-hydrogen) atoms. The van der Waals surface area contributed by atoms with Crippen LogP contribution in [0.1, 0.15) is 30.0 Å². The highest BCUT2D eigenvalue weighted by atomic mass is 32.2. The maximum Gasteiger partial charge on any atom is 0.319 e. The van der Waals surface area contributed by atoms with E-state index < -0.39 is 0 Å². The van der Waals surface area contributed by atoms with E-state index in [1.807, 2.05) is 30.0 Å². The Labute approximate surface area is 190 Å². The highest BCUT2D eigenvalue weighted by Crippen LogP contribution is 2.24. The molecule has 6 heteroatoms. The predicted molar refractivity (Wildman–Crippen MR) is 131 cm³/mol. The van der Waals surface area contributed by atoms with Crippen LogP contribution in [0.4, 0.5) is 10.5 Å². The summed E-state index contributed by atoms with van der Waals surface area (Å²) in [5.41, 5.74) is 3.43. The smallest absolute Gasteiger partial charge is 0.319 e. The third kappa shape index (κ3) is 6.73. The highest BCUT2D eigenvalue weighted by molar-refractivity contribution is 7.99. The molecule has 5 nitrogen and oxygen atoms in total. The molecule has 1 unspecified atom stereocenters. The molecule has 2 aromatic carbocycles. The maximum atomic E-state index is 12.5. The summed E-state index contributed by atoms with van der Waals surface area (Å²) in [5.74, 6) is 2.50. The average molecular weight is 439 g/mol. The number of benzene rings is 2. The lowest BCUT2D eigenvalue weighted by molar-refractivity contribution is 0.227. The Balaban J connectivity index is 1.25. The molecule has 2 aliphatic rings. The van der Waals surface area contributed by atoms with Crippen LogP contribution < -0.4 is 10.6 Å². The lowest BCUT2D eigenvalue weighted by Gasteiger charge is -2.28. The van der Waals surface area contributed by atoms with Crippen LogP contribution in [-0.2, 0) is 6.42 Å². The zero-order valence-electron chi connectivity index (χ0n) is 18.3. The molecule has 2 aliphatic heterocycles. The van der Waals surface area contributed by atoms with E-state index in [1.165, 1.54) is 48.6 Å². The normalized spacial score (nSPS) is 18.6. The zero-order valence-corrected chi connectivity index (χ0v) is 19.1. The second-order valence-electron chi connectivity index (χ2n) is 8.41. The molecule has 2 heterocycles. The van der Waals surface area contributed by atoms with Gasteiger partial charge in [0.2, 0.25) is 0 Å². The van der Waals surface area contributed by atoms with Gasteiger partial charge >= 0.3 is 6.03 Å². The van der Waals surface area contributed by atoms with Crippen molar-refractivity contribution < 1.29 is 4.79 Å². The molecule has 0 spiro atoms. The number of nitrogens with zero attached hydrogens (tertiary/aromatic N) is 2. The summed E-state index contributed by atoms with van der Waals surface area (Å²) in [6.07, 6.45) is 3.53. The monoisotopic (exact) mass is 438 g/mol. The molecule has 0 aromatic heterocycles. The van der Waals surface area contributed by atoms with Crippen LogP contribution >= 0.6 is 11.8 Å². The van der Waals surface area contributed by atoms with Crippen LogP contribution in [-0.4, -0.2) is 66.6 Å². The molecule has 1 atom stereocenters. The summed E-state index contributed by atoms with van der Waals surface area (Å²) < 4.78 is 0. The van der Waals surface area contributed by atoms with E-state index in [2.05, 4.69) is 56.8 Å². The van der Waals surface area contributed by atoms with Gasteiger partial charge in [0.25, 0.3) is 0 Å². The van der Waals surface area contributed by atoms with Crippen LogP contribution in [0.3, 0.4) is 0 Å². The summed E-state index contributed by atoms with van der Waals surface area (Å²) in [6.45, 7) is 6.33. The minimum Gasteiger partial charge on any atom is -0.336 e.